The van der Waals surface area contributed by atoms with E-state index in [2.05, 4.69) is 9.88 Å². The minimum atomic E-state index is 0.0249. The number of pyridine rings is 1. The van der Waals surface area contributed by atoms with E-state index in [0.29, 0.717) is 23.4 Å². The molecule has 0 saturated carbocycles. The van der Waals surface area contributed by atoms with Crippen LogP contribution in [0.4, 0.5) is 0 Å². The Morgan fingerprint density at radius 3 is 2.61 bits per heavy atom. The number of piperazine rings is 1. The summed E-state index contributed by atoms with van der Waals surface area (Å²) < 4.78 is 1.83. The van der Waals surface area contributed by atoms with Crippen LogP contribution in [0.1, 0.15) is 45.9 Å². The van der Waals surface area contributed by atoms with Crippen molar-refractivity contribution in [2.75, 3.05) is 26.2 Å². The van der Waals surface area contributed by atoms with Crippen LogP contribution in [0.2, 0.25) is 0 Å². The molecule has 1 fully saturated rings. The first kappa shape index (κ1) is 20.3. The maximum atomic E-state index is 13.3. The lowest BCUT2D eigenvalue weighted by molar-refractivity contribution is 0.0632. The Bertz CT molecular complexity index is 1160. The third-order valence-corrected chi connectivity index (χ3v) is 7.59. The molecule has 0 aromatic carbocycles. The number of carbonyl (C=O) groups is 1. The molecule has 3 aromatic heterocycles. The molecule has 5 heterocycles. The molecule has 8 heteroatoms. The molecule has 162 valence electrons. The number of rotatable bonds is 3. The van der Waals surface area contributed by atoms with E-state index in [4.69, 9.17) is 4.98 Å². The average molecular weight is 438 g/mol. The molecule has 0 unspecified atom stereocenters. The van der Waals surface area contributed by atoms with E-state index in [1.165, 1.54) is 16.9 Å². The van der Waals surface area contributed by atoms with E-state index < -0.39 is 0 Å². The van der Waals surface area contributed by atoms with Crippen molar-refractivity contribution in [3.63, 3.8) is 0 Å². The van der Waals surface area contributed by atoms with Crippen molar-refractivity contribution in [3.05, 3.63) is 56.7 Å². The Labute approximate surface area is 185 Å². The van der Waals surface area contributed by atoms with Gasteiger partial charge in [0, 0.05) is 58.1 Å². The molecule has 0 atom stereocenters. The summed E-state index contributed by atoms with van der Waals surface area (Å²) in [6.07, 6.45) is 7.68. The van der Waals surface area contributed by atoms with Crippen molar-refractivity contribution in [1.29, 1.82) is 0 Å². The third-order valence-electron chi connectivity index (χ3n) is 6.42. The molecular formula is C23H27N5O2S. The highest BCUT2D eigenvalue weighted by Gasteiger charge is 2.27. The van der Waals surface area contributed by atoms with Crippen LogP contribution >= 0.6 is 11.3 Å². The lowest BCUT2D eigenvalue weighted by Gasteiger charge is -2.34. The van der Waals surface area contributed by atoms with Gasteiger partial charge < -0.3 is 4.90 Å². The monoisotopic (exact) mass is 437 g/mol. The molecule has 31 heavy (non-hydrogen) atoms. The molecule has 1 saturated heterocycles. The second-order valence-corrected chi connectivity index (χ2v) is 9.45. The highest BCUT2D eigenvalue weighted by molar-refractivity contribution is 7.20. The summed E-state index contributed by atoms with van der Waals surface area (Å²) in [5.74, 6) is 0.906. The van der Waals surface area contributed by atoms with Gasteiger partial charge in [0.15, 0.2) is 0 Å². The number of nitrogens with zero attached hydrogens (tertiary/aromatic N) is 5. The van der Waals surface area contributed by atoms with Gasteiger partial charge in [-0.2, -0.15) is 0 Å². The highest BCUT2D eigenvalue weighted by atomic mass is 32.1. The van der Waals surface area contributed by atoms with E-state index in [9.17, 15) is 9.59 Å². The van der Waals surface area contributed by atoms with Crippen LogP contribution in [0, 0.1) is 6.92 Å². The summed E-state index contributed by atoms with van der Waals surface area (Å²) in [5.41, 5.74) is 2.06. The van der Waals surface area contributed by atoms with Gasteiger partial charge in [0.1, 0.15) is 10.7 Å². The number of fused-ring (bicyclic) bond motifs is 2. The van der Waals surface area contributed by atoms with Crippen LogP contribution in [0.25, 0.3) is 10.2 Å². The topological polar surface area (TPSA) is 71.3 Å². The fraction of sp³-hybridized carbons (Fsp3) is 0.478. The molecule has 5 rings (SSSR count). The summed E-state index contributed by atoms with van der Waals surface area (Å²) in [6, 6.07) is 4.07. The van der Waals surface area contributed by atoms with Crippen molar-refractivity contribution in [1.82, 2.24) is 24.3 Å². The largest absolute Gasteiger partial charge is 0.335 e. The van der Waals surface area contributed by atoms with Crippen molar-refractivity contribution in [3.8, 4) is 0 Å². The maximum Gasteiger partial charge on any atom is 0.264 e. The molecule has 3 aromatic rings. The Balaban J connectivity index is 1.35. The Morgan fingerprint density at radius 2 is 1.84 bits per heavy atom. The van der Waals surface area contributed by atoms with Gasteiger partial charge >= 0.3 is 0 Å². The fourth-order valence-electron chi connectivity index (χ4n) is 4.61. The van der Waals surface area contributed by atoms with Crippen molar-refractivity contribution in [2.45, 2.75) is 45.7 Å². The first-order chi connectivity index (χ1) is 15.1. The standard InChI is InChI=1S/C23H27N5O2S/c1-16-19-21(25-18-5-3-2-4-10-28(18)22(19)29)31-20(16)23(30)27-13-11-26(12-14-27)15-17-6-8-24-9-7-17/h6-9H,2-5,10-15H2,1H3. The average Bonchev–Trinajstić information content (AvgIpc) is 2.95. The number of hydrogen-bond acceptors (Lipinski definition) is 6. The minimum absolute atomic E-state index is 0.0249. The molecule has 0 radical (unpaired) electrons. The number of hydrogen-bond donors (Lipinski definition) is 0. The third kappa shape index (κ3) is 3.90. The molecule has 0 bridgehead atoms. The summed E-state index contributed by atoms with van der Waals surface area (Å²) in [7, 11) is 0. The van der Waals surface area contributed by atoms with Gasteiger partial charge in [-0.1, -0.05) is 6.42 Å². The van der Waals surface area contributed by atoms with Crippen LogP contribution in [-0.2, 0) is 19.5 Å². The van der Waals surface area contributed by atoms with Crippen molar-refractivity contribution >= 4 is 27.5 Å². The van der Waals surface area contributed by atoms with Gasteiger partial charge in [0.05, 0.1) is 10.3 Å². The summed E-state index contributed by atoms with van der Waals surface area (Å²) in [6.45, 7) is 6.58. The van der Waals surface area contributed by atoms with E-state index in [1.807, 2.05) is 40.9 Å². The van der Waals surface area contributed by atoms with Crippen LogP contribution in [0.15, 0.2) is 29.3 Å². The number of thiophene rings is 1. The van der Waals surface area contributed by atoms with Crippen molar-refractivity contribution < 1.29 is 4.79 Å². The number of amides is 1. The van der Waals surface area contributed by atoms with Gasteiger partial charge in [-0.15, -0.1) is 11.3 Å². The SMILES string of the molecule is Cc1c(C(=O)N2CCN(Cc3ccncc3)CC2)sc2nc3n(c(=O)c12)CCCCC3. The second kappa shape index (κ2) is 8.51. The quantitative estimate of drug-likeness (QED) is 0.630. The zero-order valence-electron chi connectivity index (χ0n) is 17.8. The molecular weight excluding hydrogens is 410 g/mol. The zero-order valence-corrected chi connectivity index (χ0v) is 18.7. The maximum absolute atomic E-state index is 13.3. The van der Waals surface area contributed by atoms with Crippen LogP contribution in [-0.4, -0.2) is 56.4 Å². The lowest BCUT2D eigenvalue weighted by atomic mass is 10.1. The van der Waals surface area contributed by atoms with E-state index in [-0.39, 0.29) is 11.5 Å². The van der Waals surface area contributed by atoms with Crippen LogP contribution in [0.3, 0.4) is 0 Å². The number of carbonyl (C=O) groups excluding carboxylic acids is 1. The van der Waals surface area contributed by atoms with E-state index in [1.54, 1.807) is 0 Å². The van der Waals surface area contributed by atoms with Gasteiger partial charge in [-0.05, 0) is 43.0 Å². The normalized spacial score (nSPS) is 17.5. The second-order valence-electron chi connectivity index (χ2n) is 8.46. The highest BCUT2D eigenvalue weighted by Crippen LogP contribution is 2.29. The minimum Gasteiger partial charge on any atom is -0.335 e. The Morgan fingerprint density at radius 1 is 1.06 bits per heavy atom. The van der Waals surface area contributed by atoms with Gasteiger partial charge in [-0.3, -0.25) is 24.0 Å². The van der Waals surface area contributed by atoms with Crippen LogP contribution in [0.5, 0.6) is 0 Å². The summed E-state index contributed by atoms with van der Waals surface area (Å²) in [4.78, 5) is 41.0. The summed E-state index contributed by atoms with van der Waals surface area (Å²) in [5, 5.41) is 0.635. The van der Waals surface area contributed by atoms with Gasteiger partial charge in [0.25, 0.3) is 11.5 Å². The molecule has 2 aliphatic heterocycles. The molecule has 7 nitrogen and oxygen atoms in total. The van der Waals surface area contributed by atoms with Crippen LogP contribution < -0.4 is 5.56 Å². The first-order valence-corrected chi connectivity index (χ1v) is 11.9. The van der Waals surface area contributed by atoms with Gasteiger partial charge in [-0.25, -0.2) is 4.98 Å². The van der Waals surface area contributed by atoms with Gasteiger partial charge in [0.2, 0.25) is 0 Å². The number of aryl methyl sites for hydroxylation is 2. The Kier molecular flexibility index (Phi) is 5.58. The first-order valence-electron chi connectivity index (χ1n) is 11.0. The van der Waals surface area contributed by atoms with E-state index in [0.717, 1.165) is 68.1 Å². The predicted molar refractivity (Wildman–Crippen MR) is 122 cm³/mol. The predicted octanol–water partition coefficient (Wildman–Crippen LogP) is 2.85. The Hall–Kier alpha value is -2.58. The molecule has 0 spiro atoms. The zero-order chi connectivity index (χ0) is 21.4. The number of aromatic nitrogens is 3. The lowest BCUT2D eigenvalue weighted by Crippen LogP contribution is -2.48. The van der Waals surface area contributed by atoms with E-state index >= 15 is 0 Å². The molecule has 0 aliphatic carbocycles. The molecule has 1 amide bonds. The smallest absolute Gasteiger partial charge is 0.264 e. The summed E-state index contributed by atoms with van der Waals surface area (Å²) >= 11 is 1.39. The fourth-order valence-corrected chi connectivity index (χ4v) is 5.77. The molecule has 2 aliphatic rings. The van der Waals surface area contributed by atoms with Crippen molar-refractivity contribution in [2.24, 2.45) is 0 Å². The molecule has 0 N–H and O–H groups in total.